The molecule has 0 spiro atoms. The van der Waals surface area contributed by atoms with Crippen molar-refractivity contribution in [3.05, 3.63) is 65.5 Å². The minimum Gasteiger partial charge on any atom is -0.349 e. The highest BCUT2D eigenvalue weighted by Gasteiger charge is 2.33. The predicted molar refractivity (Wildman–Crippen MR) is 120 cm³/mol. The van der Waals surface area contributed by atoms with Gasteiger partial charge in [-0.2, -0.15) is 4.31 Å². The number of rotatable bonds is 5. The maximum Gasteiger partial charge on any atom is 0.243 e. The Bertz CT molecular complexity index is 1010. The van der Waals surface area contributed by atoms with Crippen LogP contribution in [0.1, 0.15) is 57.7 Å². The van der Waals surface area contributed by atoms with Gasteiger partial charge in [0.2, 0.25) is 15.9 Å². The Labute approximate surface area is 184 Å². The van der Waals surface area contributed by atoms with E-state index in [4.69, 9.17) is 0 Å². The van der Waals surface area contributed by atoms with Crippen molar-refractivity contribution in [1.82, 2.24) is 9.62 Å². The molecule has 7 heteroatoms. The molecule has 5 nitrogen and oxygen atoms in total. The van der Waals surface area contributed by atoms with Crippen molar-refractivity contribution in [1.29, 1.82) is 0 Å². The molecule has 1 N–H and O–H groups in total. The highest BCUT2D eigenvalue weighted by atomic mass is 32.2. The maximum absolute atomic E-state index is 13.2. The number of hydrogen-bond donors (Lipinski definition) is 1. The molecular weight excluding hydrogens is 415 g/mol. The van der Waals surface area contributed by atoms with E-state index in [0.29, 0.717) is 19.4 Å². The summed E-state index contributed by atoms with van der Waals surface area (Å²) in [5.41, 5.74) is 2.30. The summed E-state index contributed by atoms with van der Waals surface area (Å²) in [6.45, 7) is 8.88. The first-order chi connectivity index (χ1) is 14.5. The smallest absolute Gasteiger partial charge is 0.243 e. The van der Waals surface area contributed by atoms with Gasteiger partial charge in [0.25, 0.3) is 0 Å². The van der Waals surface area contributed by atoms with Crippen LogP contribution in [0.15, 0.2) is 53.4 Å². The van der Waals surface area contributed by atoms with Crippen LogP contribution in [0.5, 0.6) is 0 Å². The maximum atomic E-state index is 13.2. The molecule has 0 bridgehead atoms. The van der Waals surface area contributed by atoms with Gasteiger partial charge in [0, 0.05) is 13.1 Å². The molecule has 31 heavy (non-hydrogen) atoms. The van der Waals surface area contributed by atoms with Crippen LogP contribution < -0.4 is 5.32 Å². The van der Waals surface area contributed by atoms with Crippen molar-refractivity contribution in [2.24, 2.45) is 5.92 Å². The first kappa shape index (κ1) is 23.4. The van der Waals surface area contributed by atoms with Crippen LogP contribution in [-0.2, 0) is 20.2 Å². The summed E-state index contributed by atoms with van der Waals surface area (Å²) < 4.78 is 40.3. The van der Waals surface area contributed by atoms with E-state index in [0.717, 1.165) is 17.7 Å². The van der Waals surface area contributed by atoms with Gasteiger partial charge in [0.1, 0.15) is 5.82 Å². The number of sulfonamides is 1. The molecule has 168 valence electrons. The Kier molecular flexibility index (Phi) is 6.86. The zero-order chi connectivity index (χ0) is 22.8. The summed E-state index contributed by atoms with van der Waals surface area (Å²) in [7, 11) is -3.76. The lowest BCUT2D eigenvalue weighted by Gasteiger charge is -2.32. The van der Waals surface area contributed by atoms with E-state index >= 15 is 0 Å². The quantitative estimate of drug-likeness (QED) is 0.740. The molecule has 1 aliphatic rings. The number of carbonyl (C=O) groups is 1. The number of hydrogen-bond acceptors (Lipinski definition) is 3. The van der Waals surface area contributed by atoms with Gasteiger partial charge in [-0.3, -0.25) is 4.79 Å². The normalized spacial score (nSPS) is 19.1. The first-order valence-corrected chi connectivity index (χ1v) is 12.1. The average molecular weight is 447 g/mol. The molecule has 0 aromatic heterocycles. The van der Waals surface area contributed by atoms with E-state index in [1.165, 1.54) is 22.0 Å². The zero-order valence-electron chi connectivity index (χ0n) is 18.6. The first-order valence-electron chi connectivity index (χ1n) is 10.6. The number of benzene rings is 2. The van der Waals surface area contributed by atoms with E-state index in [1.54, 1.807) is 0 Å². The highest BCUT2D eigenvalue weighted by molar-refractivity contribution is 7.89. The second-order valence-corrected chi connectivity index (χ2v) is 11.2. The molecule has 1 saturated heterocycles. The molecule has 0 unspecified atom stereocenters. The van der Waals surface area contributed by atoms with Crippen molar-refractivity contribution in [2.75, 3.05) is 13.1 Å². The topological polar surface area (TPSA) is 66.5 Å². The summed E-state index contributed by atoms with van der Waals surface area (Å²) in [4.78, 5) is 12.9. The summed E-state index contributed by atoms with van der Waals surface area (Å²) in [5, 5.41) is 3.03. The molecule has 2 aromatic carbocycles. The molecule has 0 saturated carbocycles. The van der Waals surface area contributed by atoms with Crippen LogP contribution >= 0.6 is 0 Å². The minimum atomic E-state index is -3.76. The van der Waals surface area contributed by atoms with Crippen molar-refractivity contribution in [3.8, 4) is 0 Å². The largest absolute Gasteiger partial charge is 0.349 e. The summed E-state index contributed by atoms with van der Waals surface area (Å²) in [6, 6.07) is 12.8. The summed E-state index contributed by atoms with van der Waals surface area (Å²) in [5.74, 6) is -1.05. The van der Waals surface area contributed by atoms with Crippen LogP contribution in [0.2, 0.25) is 0 Å². The van der Waals surface area contributed by atoms with Gasteiger partial charge in [-0.25, -0.2) is 12.8 Å². The van der Waals surface area contributed by atoms with Crippen LogP contribution in [0.4, 0.5) is 4.39 Å². The number of piperidine rings is 1. The Morgan fingerprint density at radius 1 is 1.10 bits per heavy atom. The fourth-order valence-corrected chi connectivity index (χ4v) is 5.34. The standard InChI is InChI=1S/C24H31FN2O3S/c1-17(18-7-9-20(10-8-18)24(2,3)4)26-23(28)19-6-5-15-27(16-19)31(29,30)22-13-11-21(25)12-14-22/h7-14,17,19H,5-6,15-16H2,1-4H3,(H,26,28)/t17-,19+/m1/s1. The summed E-state index contributed by atoms with van der Waals surface area (Å²) in [6.07, 6.45) is 1.24. The van der Waals surface area contributed by atoms with Gasteiger partial charge in [0.15, 0.2) is 0 Å². The van der Waals surface area contributed by atoms with E-state index in [9.17, 15) is 17.6 Å². The SMILES string of the molecule is C[C@@H](NC(=O)[C@H]1CCCN(S(=O)(=O)c2ccc(F)cc2)C1)c1ccc(C(C)(C)C)cc1. The van der Waals surface area contributed by atoms with Crippen molar-refractivity contribution in [3.63, 3.8) is 0 Å². The fraction of sp³-hybridized carbons (Fsp3) is 0.458. The van der Waals surface area contributed by atoms with Crippen LogP contribution in [0, 0.1) is 11.7 Å². The molecule has 1 amide bonds. The van der Waals surface area contributed by atoms with Gasteiger partial charge < -0.3 is 5.32 Å². The monoisotopic (exact) mass is 446 g/mol. The van der Waals surface area contributed by atoms with E-state index in [2.05, 4.69) is 38.2 Å². The highest BCUT2D eigenvalue weighted by Crippen LogP contribution is 2.26. The molecular formula is C24H31FN2O3S. The molecule has 1 fully saturated rings. The molecule has 0 radical (unpaired) electrons. The lowest BCUT2D eigenvalue weighted by molar-refractivity contribution is -0.126. The van der Waals surface area contributed by atoms with Gasteiger partial charge in [-0.15, -0.1) is 0 Å². The Hall–Kier alpha value is -2.25. The van der Waals surface area contributed by atoms with Crippen molar-refractivity contribution < 1.29 is 17.6 Å². The van der Waals surface area contributed by atoms with Crippen LogP contribution in [0.25, 0.3) is 0 Å². The zero-order valence-corrected chi connectivity index (χ0v) is 19.4. The molecule has 3 rings (SSSR count). The average Bonchev–Trinajstić information content (AvgIpc) is 2.73. The second-order valence-electron chi connectivity index (χ2n) is 9.26. The van der Waals surface area contributed by atoms with E-state index < -0.39 is 21.8 Å². The fourth-order valence-electron chi connectivity index (χ4n) is 3.82. The number of nitrogens with zero attached hydrogens (tertiary/aromatic N) is 1. The number of halogens is 1. The van der Waals surface area contributed by atoms with Crippen LogP contribution in [-0.4, -0.2) is 31.7 Å². The van der Waals surface area contributed by atoms with E-state index in [1.807, 2.05) is 19.1 Å². The lowest BCUT2D eigenvalue weighted by atomic mass is 9.86. The predicted octanol–water partition coefficient (Wildman–Crippen LogP) is 4.40. The number of amides is 1. The van der Waals surface area contributed by atoms with Crippen molar-refractivity contribution >= 4 is 15.9 Å². The number of carbonyl (C=O) groups excluding carboxylic acids is 1. The summed E-state index contributed by atoms with van der Waals surface area (Å²) >= 11 is 0. The van der Waals surface area contributed by atoms with Gasteiger partial charge in [-0.05, 0) is 60.6 Å². The number of nitrogens with one attached hydrogen (secondary N) is 1. The third-order valence-electron chi connectivity index (χ3n) is 5.84. The van der Waals surface area contributed by atoms with Gasteiger partial charge >= 0.3 is 0 Å². The molecule has 0 aliphatic carbocycles. The third-order valence-corrected chi connectivity index (χ3v) is 7.72. The third kappa shape index (κ3) is 5.52. The minimum absolute atomic E-state index is 0.0438. The molecule has 2 atom stereocenters. The Balaban J connectivity index is 1.66. The van der Waals surface area contributed by atoms with Gasteiger partial charge in [0.05, 0.1) is 16.9 Å². The lowest BCUT2D eigenvalue weighted by Crippen LogP contribution is -2.45. The Morgan fingerprint density at radius 3 is 2.29 bits per heavy atom. The second kappa shape index (κ2) is 9.09. The van der Waals surface area contributed by atoms with Crippen molar-refractivity contribution in [2.45, 2.75) is 56.9 Å². The molecule has 1 heterocycles. The molecule has 1 aliphatic heterocycles. The van der Waals surface area contributed by atoms with Gasteiger partial charge in [-0.1, -0.05) is 45.0 Å². The van der Waals surface area contributed by atoms with Crippen LogP contribution in [0.3, 0.4) is 0 Å². The van der Waals surface area contributed by atoms with E-state index in [-0.39, 0.29) is 28.8 Å². The molecule has 2 aromatic rings. The Morgan fingerprint density at radius 2 is 1.71 bits per heavy atom.